The van der Waals surface area contributed by atoms with Gasteiger partial charge < -0.3 is 10.6 Å². The monoisotopic (exact) mass is 220 g/mol. The third kappa shape index (κ3) is 2.21. The van der Waals surface area contributed by atoms with Crippen LogP contribution in [0.3, 0.4) is 0 Å². The molecule has 0 bridgehead atoms. The number of rotatable bonds is 1. The molecule has 1 aromatic heterocycles. The first kappa shape index (κ1) is 10.5. The van der Waals surface area contributed by atoms with E-state index in [9.17, 15) is 0 Å². The van der Waals surface area contributed by atoms with Gasteiger partial charge in [0.1, 0.15) is 5.15 Å². The van der Waals surface area contributed by atoms with Crippen LogP contribution >= 0.6 is 24.0 Å². The van der Waals surface area contributed by atoms with Gasteiger partial charge in [0.25, 0.3) is 0 Å². The minimum absolute atomic E-state index is 0. The molecular formula is C7H10Cl2N4. The highest BCUT2D eigenvalue weighted by Crippen LogP contribution is 2.15. The van der Waals surface area contributed by atoms with E-state index in [1.165, 1.54) is 0 Å². The van der Waals surface area contributed by atoms with Crippen molar-refractivity contribution in [1.82, 2.24) is 9.97 Å². The van der Waals surface area contributed by atoms with Gasteiger partial charge in [0.15, 0.2) is 0 Å². The first-order valence-electron chi connectivity index (χ1n) is 3.75. The highest BCUT2D eigenvalue weighted by molar-refractivity contribution is 6.29. The maximum atomic E-state index is 5.70. The quantitative estimate of drug-likeness (QED) is 0.709. The SMILES string of the molecule is Cl.NC1CN(c2nccc(Cl)n2)C1. The van der Waals surface area contributed by atoms with E-state index in [0.717, 1.165) is 13.1 Å². The zero-order chi connectivity index (χ0) is 8.55. The van der Waals surface area contributed by atoms with Crippen LogP contribution in [-0.2, 0) is 0 Å². The molecule has 1 fully saturated rings. The van der Waals surface area contributed by atoms with E-state index in [0.29, 0.717) is 11.1 Å². The standard InChI is InChI=1S/C7H9ClN4.ClH/c8-6-1-2-10-7(11-6)12-3-5(9)4-12;/h1-2,5H,3-4,9H2;1H. The molecule has 2 rings (SSSR count). The van der Waals surface area contributed by atoms with Crippen molar-refractivity contribution in [1.29, 1.82) is 0 Å². The molecule has 0 radical (unpaired) electrons. The van der Waals surface area contributed by atoms with Crippen LogP contribution in [-0.4, -0.2) is 29.1 Å². The summed E-state index contributed by atoms with van der Waals surface area (Å²) in [7, 11) is 0. The molecule has 1 aliphatic rings. The third-order valence-corrected chi connectivity index (χ3v) is 2.01. The summed E-state index contributed by atoms with van der Waals surface area (Å²) in [6.45, 7) is 1.64. The maximum absolute atomic E-state index is 5.70. The van der Waals surface area contributed by atoms with Crippen LogP contribution in [0.25, 0.3) is 0 Å². The normalized spacial score (nSPS) is 16.3. The molecule has 0 atom stereocenters. The summed E-state index contributed by atoms with van der Waals surface area (Å²) >= 11 is 5.70. The largest absolute Gasteiger partial charge is 0.338 e. The Bertz CT molecular complexity index is 288. The molecule has 2 heterocycles. The Hall–Kier alpha value is -0.580. The highest BCUT2D eigenvalue weighted by atomic mass is 35.5. The number of nitrogens with zero attached hydrogens (tertiary/aromatic N) is 3. The Morgan fingerprint density at radius 3 is 2.77 bits per heavy atom. The van der Waals surface area contributed by atoms with Crippen LogP contribution < -0.4 is 10.6 Å². The summed E-state index contributed by atoms with van der Waals surface area (Å²) in [6, 6.07) is 1.91. The van der Waals surface area contributed by atoms with Gasteiger partial charge in [0.2, 0.25) is 5.95 Å². The van der Waals surface area contributed by atoms with Crippen molar-refractivity contribution in [3.05, 3.63) is 17.4 Å². The molecule has 0 unspecified atom stereocenters. The van der Waals surface area contributed by atoms with Crippen molar-refractivity contribution in [2.24, 2.45) is 5.73 Å². The molecule has 4 nitrogen and oxygen atoms in total. The summed E-state index contributed by atoms with van der Waals surface area (Å²) in [5, 5.41) is 0.473. The molecule has 0 spiro atoms. The molecule has 1 aromatic rings. The van der Waals surface area contributed by atoms with Crippen LogP contribution in [0.4, 0.5) is 5.95 Å². The van der Waals surface area contributed by atoms with E-state index in [-0.39, 0.29) is 18.4 Å². The minimum Gasteiger partial charge on any atom is -0.338 e. The van der Waals surface area contributed by atoms with E-state index in [2.05, 4.69) is 9.97 Å². The second-order valence-electron chi connectivity index (χ2n) is 2.84. The lowest BCUT2D eigenvalue weighted by Crippen LogP contribution is -2.56. The van der Waals surface area contributed by atoms with Crippen LogP contribution in [0.5, 0.6) is 0 Å². The second kappa shape index (κ2) is 4.09. The van der Waals surface area contributed by atoms with Crippen LogP contribution in [0.2, 0.25) is 5.15 Å². The lowest BCUT2D eigenvalue weighted by Gasteiger charge is -2.36. The summed E-state index contributed by atoms with van der Waals surface area (Å²) in [4.78, 5) is 10.1. The van der Waals surface area contributed by atoms with E-state index in [1.807, 2.05) is 4.90 Å². The fourth-order valence-electron chi connectivity index (χ4n) is 1.16. The first-order valence-corrected chi connectivity index (χ1v) is 4.12. The molecule has 0 aliphatic carbocycles. The van der Waals surface area contributed by atoms with Crippen molar-refractivity contribution >= 4 is 30.0 Å². The molecule has 2 N–H and O–H groups in total. The number of halogens is 2. The summed E-state index contributed by atoms with van der Waals surface area (Å²) in [5.41, 5.74) is 5.61. The van der Waals surface area contributed by atoms with Gasteiger partial charge >= 0.3 is 0 Å². The fourth-order valence-corrected chi connectivity index (χ4v) is 1.29. The lowest BCUT2D eigenvalue weighted by molar-refractivity contribution is 0.509. The van der Waals surface area contributed by atoms with Gasteiger partial charge in [-0.25, -0.2) is 9.97 Å². The smallest absolute Gasteiger partial charge is 0.226 e. The molecule has 6 heteroatoms. The van der Waals surface area contributed by atoms with E-state index >= 15 is 0 Å². The molecular weight excluding hydrogens is 211 g/mol. The van der Waals surface area contributed by atoms with Crippen molar-refractivity contribution < 1.29 is 0 Å². The van der Waals surface area contributed by atoms with Crippen molar-refractivity contribution in [2.45, 2.75) is 6.04 Å². The predicted molar refractivity (Wildman–Crippen MR) is 54.5 cm³/mol. The van der Waals surface area contributed by atoms with Crippen molar-refractivity contribution in [2.75, 3.05) is 18.0 Å². The van der Waals surface area contributed by atoms with Crippen LogP contribution in [0.15, 0.2) is 12.3 Å². The second-order valence-corrected chi connectivity index (χ2v) is 3.23. The van der Waals surface area contributed by atoms with Crippen molar-refractivity contribution in [3.63, 3.8) is 0 Å². The summed E-state index contributed by atoms with van der Waals surface area (Å²) in [6.07, 6.45) is 1.65. The minimum atomic E-state index is 0. The Labute approximate surface area is 87.5 Å². The highest BCUT2D eigenvalue weighted by Gasteiger charge is 2.24. The topological polar surface area (TPSA) is 55.0 Å². The molecule has 13 heavy (non-hydrogen) atoms. The fraction of sp³-hybridized carbons (Fsp3) is 0.429. The zero-order valence-corrected chi connectivity index (χ0v) is 8.42. The molecule has 0 saturated carbocycles. The van der Waals surface area contributed by atoms with Crippen molar-refractivity contribution in [3.8, 4) is 0 Å². The average molecular weight is 221 g/mol. The Balaban J connectivity index is 0.000000845. The van der Waals surface area contributed by atoms with Gasteiger partial charge in [-0.3, -0.25) is 0 Å². The summed E-state index contributed by atoms with van der Waals surface area (Å²) in [5.74, 6) is 0.671. The average Bonchev–Trinajstić information content (AvgIpc) is 1.99. The molecule has 1 saturated heterocycles. The zero-order valence-electron chi connectivity index (χ0n) is 6.85. The van der Waals surface area contributed by atoms with Gasteiger partial charge in [0.05, 0.1) is 0 Å². The van der Waals surface area contributed by atoms with E-state index in [1.54, 1.807) is 12.3 Å². The maximum Gasteiger partial charge on any atom is 0.226 e. The van der Waals surface area contributed by atoms with Gasteiger partial charge in [-0.2, -0.15) is 0 Å². The lowest BCUT2D eigenvalue weighted by atomic mass is 10.1. The molecule has 0 amide bonds. The van der Waals surface area contributed by atoms with Crippen LogP contribution in [0.1, 0.15) is 0 Å². The van der Waals surface area contributed by atoms with Gasteiger partial charge in [-0.05, 0) is 6.07 Å². The predicted octanol–water partition coefficient (Wildman–Crippen LogP) is 0.699. The molecule has 1 aliphatic heterocycles. The first-order chi connectivity index (χ1) is 5.75. The van der Waals surface area contributed by atoms with Gasteiger partial charge in [-0.1, -0.05) is 11.6 Å². The Morgan fingerprint density at radius 2 is 2.23 bits per heavy atom. The molecule has 0 aromatic carbocycles. The Kier molecular flexibility index (Phi) is 3.30. The summed E-state index contributed by atoms with van der Waals surface area (Å²) < 4.78 is 0. The van der Waals surface area contributed by atoms with Gasteiger partial charge in [0, 0.05) is 25.3 Å². The number of hydrogen-bond donors (Lipinski definition) is 1. The van der Waals surface area contributed by atoms with Gasteiger partial charge in [-0.15, -0.1) is 12.4 Å². The van der Waals surface area contributed by atoms with Crippen LogP contribution in [0, 0.1) is 0 Å². The van der Waals surface area contributed by atoms with E-state index in [4.69, 9.17) is 17.3 Å². The number of anilines is 1. The number of nitrogens with two attached hydrogens (primary N) is 1. The number of hydrogen-bond acceptors (Lipinski definition) is 4. The third-order valence-electron chi connectivity index (χ3n) is 1.80. The number of aromatic nitrogens is 2. The van der Waals surface area contributed by atoms with E-state index < -0.39 is 0 Å². The molecule has 72 valence electrons. The Morgan fingerprint density at radius 1 is 1.54 bits per heavy atom.